The van der Waals surface area contributed by atoms with Crippen LogP contribution in [0.15, 0.2) is 48.5 Å². The van der Waals surface area contributed by atoms with Gasteiger partial charge in [0.2, 0.25) is 0 Å². The maximum Gasteiger partial charge on any atom is 0.283 e. The first-order valence-corrected chi connectivity index (χ1v) is 8.42. The highest BCUT2D eigenvalue weighted by atomic mass is 35.5. The van der Waals surface area contributed by atoms with Gasteiger partial charge in [0.05, 0.1) is 4.92 Å². The molecular weight excluding hydrogens is 342 g/mol. The molecule has 2 aromatic carbocycles. The van der Waals surface area contributed by atoms with Crippen molar-refractivity contribution in [2.75, 3.05) is 26.2 Å². The number of benzene rings is 2. The van der Waals surface area contributed by atoms with Crippen LogP contribution in [-0.4, -0.2) is 46.8 Å². The average molecular weight is 360 g/mol. The van der Waals surface area contributed by atoms with E-state index in [1.807, 2.05) is 18.2 Å². The van der Waals surface area contributed by atoms with Gasteiger partial charge in [-0.2, -0.15) is 0 Å². The van der Waals surface area contributed by atoms with Crippen molar-refractivity contribution in [2.24, 2.45) is 0 Å². The number of hydrogen-bond donors (Lipinski definition) is 0. The molecule has 1 aliphatic heterocycles. The molecule has 2 aromatic rings. The van der Waals surface area contributed by atoms with Crippen LogP contribution in [0.25, 0.3) is 0 Å². The molecule has 130 valence electrons. The summed E-state index contributed by atoms with van der Waals surface area (Å²) in [4.78, 5) is 27.2. The first-order chi connectivity index (χ1) is 12.0. The molecule has 1 amide bonds. The van der Waals surface area contributed by atoms with E-state index in [9.17, 15) is 14.9 Å². The second-order valence-corrected chi connectivity index (χ2v) is 6.41. The SMILES string of the molecule is O=C(c1ccc(Cl)cc1[N+](=O)[O-])N1CCN(Cc2ccccc2)CC1. The van der Waals surface area contributed by atoms with Crippen LogP contribution in [0.4, 0.5) is 5.69 Å². The highest BCUT2D eigenvalue weighted by Gasteiger charge is 2.27. The third-order valence-corrected chi connectivity index (χ3v) is 4.53. The summed E-state index contributed by atoms with van der Waals surface area (Å²) in [5.41, 5.74) is 1.07. The zero-order valence-electron chi connectivity index (χ0n) is 13.6. The van der Waals surface area contributed by atoms with E-state index in [1.54, 1.807) is 4.90 Å². The molecule has 0 bridgehead atoms. The molecule has 1 saturated heterocycles. The van der Waals surface area contributed by atoms with E-state index in [1.165, 1.54) is 23.8 Å². The molecular formula is C18H18ClN3O3. The molecule has 0 aliphatic carbocycles. The van der Waals surface area contributed by atoms with Crippen LogP contribution < -0.4 is 0 Å². The first kappa shape index (κ1) is 17.4. The van der Waals surface area contributed by atoms with Crippen molar-refractivity contribution in [2.45, 2.75) is 6.54 Å². The van der Waals surface area contributed by atoms with Crippen molar-refractivity contribution in [1.29, 1.82) is 0 Å². The lowest BCUT2D eigenvalue weighted by Gasteiger charge is -2.34. The van der Waals surface area contributed by atoms with Gasteiger partial charge in [-0.3, -0.25) is 19.8 Å². The Hall–Kier alpha value is -2.44. The molecule has 0 unspecified atom stereocenters. The molecule has 0 N–H and O–H groups in total. The molecule has 1 fully saturated rings. The zero-order valence-corrected chi connectivity index (χ0v) is 14.4. The molecule has 1 aliphatic rings. The molecule has 0 spiro atoms. The molecule has 3 rings (SSSR count). The van der Waals surface area contributed by atoms with E-state index in [0.717, 1.165) is 19.6 Å². The maximum absolute atomic E-state index is 12.7. The third kappa shape index (κ3) is 4.15. The Morgan fingerprint density at radius 3 is 2.40 bits per heavy atom. The second kappa shape index (κ2) is 7.63. The first-order valence-electron chi connectivity index (χ1n) is 8.04. The topological polar surface area (TPSA) is 66.7 Å². The summed E-state index contributed by atoms with van der Waals surface area (Å²) >= 11 is 5.81. The van der Waals surface area contributed by atoms with Crippen LogP contribution in [0.2, 0.25) is 5.02 Å². The molecule has 0 radical (unpaired) electrons. The zero-order chi connectivity index (χ0) is 17.8. The summed E-state index contributed by atoms with van der Waals surface area (Å²) in [7, 11) is 0. The van der Waals surface area contributed by atoms with Gasteiger partial charge in [-0.15, -0.1) is 0 Å². The average Bonchev–Trinajstić information content (AvgIpc) is 2.62. The minimum absolute atomic E-state index is 0.0888. The number of halogens is 1. The van der Waals surface area contributed by atoms with Crippen molar-refractivity contribution in [3.63, 3.8) is 0 Å². The van der Waals surface area contributed by atoms with Gasteiger partial charge < -0.3 is 4.90 Å². The van der Waals surface area contributed by atoms with Crippen molar-refractivity contribution in [1.82, 2.24) is 9.80 Å². The predicted octanol–water partition coefficient (Wildman–Crippen LogP) is 3.21. The number of rotatable bonds is 4. The molecule has 7 heteroatoms. The number of nitro benzene ring substituents is 1. The number of piperazine rings is 1. The van der Waals surface area contributed by atoms with Crippen molar-refractivity contribution >= 4 is 23.2 Å². The van der Waals surface area contributed by atoms with E-state index < -0.39 is 4.92 Å². The largest absolute Gasteiger partial charge is 0.336 e. The number of hydrogen-bond acceptors (Lipinski definition) is 4. The minimum atomic E-state index is -0.565. The van der Waals surface area contributed by atoms with E-state index >= 15 is 0 Å². The van der Waals surface area contributed by atoms with Crippen LogP contribution in [-0.2, 0) is 6.54 Å². The number of nitrogens with zero attached hydrogens (tertiary/aromatic N) is 3. The lowest BCUT2D eigenvalue weighted by Crippen LogP contribution is -2.48. The Balaban J connectivity index is 1.65. The molecule has 25 heavy (non-hydrogen) atoms. The summed E-state index contributed by atoms with van der Waals surface area (Å²) in [5, 5.41) is 11.4. The van der Waals surface area contributed by atoms with Gasteiger partial charge in [0.15, 0.2) is 0 Å². The van der Waals surface area contributed by atoms with Crippen LogP contribution >= 0.6 is 11.6 Å². The fraction of sp³-hybridized carbons (Fsp3) is 0.278. The Morgan fingerprint density at radius 2 is 1.76 bits per heavy atom. The fourth-order valence-electron chi connectivity index (χ4n) is 2.96. The second-order valence-electron chi connectivity index (χ2n) is 5.97. The summed E-state index contributed by atoms with van der Waals surface area (Å²) in [6.07, 6.45) is 0. The maximum atomic E-state index is 12.7. The Bertz CT molecular complexity index is 774. The van der Waals surface area contributed by atoms with Gasteiger partial charge in [-0.25, -0.2) is 0 Å². The highest BCUT2D eigenvalue weighted by Crippen LogP contribution is 2.25. The predicted molar refractivity (Wildman–Crippen MR) is 95.7 cm³/mol. The Kier molecular flexibility index (Phi) is 5.31. The van der Waals surface area contributed by atoms with Gasteiger partial charge in [-0.1, -0.05) is 41.9 Å². The Morgan fingerprint density at radius 1 is 1.08 bits per heavy atom. The lowest BCUT2D eigenvalue weighted by molar-refractivity contribution is -0.385. The number of carbonyl (C=O) groups is 1. The summed E-state index contributed by atoms with van der Waals surface area (Å²) < 4.78 is 0. The minimum Gasteiger partial charge on any atom is -0.336 e. The molecule has 6 nitrogen and oxygen atoms in total. The van der Waals surface area contributed by atoms with Crippen LogP contribution in [0.3, 0.4) is 0 Å². The van der Waals surface area contributed by atoms with Gasteiger partial charge in [0.1, 0.15) is 5.56 Å². The van der Waals surface area contributed by atoms with Crippen LogP contribution in [0, 0.1) is 10.1 Å². The normalized spacial score (nSPS) is 15.2. The highest BCUT2D eigenvalue weighted by molar-refractivity contribution is 6.31. The summed E-state index contributed by atoms with van der Waals surface area (Å²) in [6, 6.07) is 14.3. The van der Waals surface area contributed by atoms with Gasteiger partial charge in [-0.05, 0) is 17.7 Å². The molecule has 0 aromatic heterocycles. The number of nitro groups is 1. The number of carbonyl (C=O) groups excluding carboxylic acids is 1. The van der Waals surface area contributed by atoms with Crippen molar-refractivity contribution < 1.29 is 9.72 Å². The van der Waals surface area contributed by atoms with Crippen molar-refractivity contribution in [3.8, 4) is 0 Å². The van der Waals surface area contributed by atoms with Crippen molar-refractivity contribution in [3.05, 3.63) is 74.8 Å². The molecule has 0 atom stereocenters. The summed E-state index contributed by atoms with van der Waals surface area (Å²) in [5.74, 6) is -0.317. The lowest BCUT2D eigenvalue weighted by atomic mass is 10.1. The van der Waals surface area contributed by atoms with E-state index in [0.29, 0.717) is 13.1 Å². The third-order valence-electron chi connectivity index (χ3n) is 4.30. The van der Waals surface area contributed by atoms with Crippen LogP contribution in [0.1, 0.15) is 15.9 Å². The molecule has 0 saturated carbocycles. The van der Waals surface area contributed by atoms with Gasteiger partial charge in [0, 0.05) is 43.8 Å². The standard InChI is InChI=1S/C18H18ClN3O3/c19-15-6-7-16(17(12-15)22(24)25)18(23)21-10-8-20(9-11-21)13-14-4-2-1-3-5-14/h1-7,12H,8-11,13H2. The quantitative estimate of drug-likeness (QED) is 0.621. The summed E-state index contributed by atoms with van der Waals surface area (Å²) in [6.45, 7) is 3.41. The smallest absolute Gasteiger partial charge is 0.283 e. The molecule has 1 heterocycles. The number of amides is 1. The van der Waals surface area contributed by atoms with E-state index in [-0.39, 0.29) is 22.2 Å². The monoisotopic (exact) mass is 359 g/mol. The fourth-order valence-corrected chi connectivity index (χ4v) is 3.12. The van der Waals surface area contributed by atoms with E-state index in [4.69, 9.17) is 11.6 Å². The van der Waals surface area contributed by atoms with Gasteiger partial charge >= 0.3 is 0 Å². The van der Waals surface area contributed by atoms with Gasteiger partial charge in [0.25, 0.3) is 11.6 Å². The Labute approximate surface area is 150 Å². The van der Waals surface area contributed by atoms with Crippen LogP contribution in [0.5, 0.6) is 0 Å². The van der Waals surface area contributed by atoms with E-state index in [2.05, 4.69) is 17.0 Å².